The van der Waals surface area contributed by atoms with Crippen LogP contribution in [0.4, 0.5) is 0 Å². The summed E-state index contributed by atoms with van der Waals surface area (Å²) in [5.41, 5.74) is 4.29. The molecule has 0 aliphatic carbocycles. The molecule has 0 saturated carbocycles. The third kappa shape index (κ3) is 2.63. The quantitative estimate of drug-likeness (QED) is 0.791. The second-order valence-corrected chi connectivity index (χ2v) is 9.42. The number of sulfonamides is 1. The lowest BCUT2D eigenvalue weighted by Crippen LogP contribution is -2.57. The molecule has 1 aromatic rings. The number of fused-ring (bicyclic) bond motifs is 4. The summed E-state index contributed by atoms with van der Waals surface area (Å²) in [5.74, 6) is 0.500. The maximum atomic E-state index is 12.2. The Balaban J connectivity index is 1.71. The van der Waals surface area contributed by atoms with Crippen molar-refractivity contribution < 1.29 is 8.42 Å². The zero-order valence-corrected chi connectivity index (χ0v) is 14.8. The number of piperidine rings is 2. The van der Waals surface area contributed by atoms with Crippen LogP contribution in [-0.4, -0.2) is 49.6 Å². The van der Waals surface area contributed by atoms with Gasteiger partial charge in [-0.2, -0.15) is 4.31 Å². The maximum absolute atomic E-state index is 12.2. The Morgan fingerprint density at radius 3 is 2.83 bits per heavy atom. The van der Waals surface area contributed by atoms with Crippen LogP contribution in [0.1, 0.15) is 42.0 Å². The van der Waals surface area contributed by atoms with Crippen molar-refractivity contribution in [2.24, 2.45) is 5.92 Å². The topological polar surface area (TPSA) is 40.6 Å². The Labute approximate surface area is 139 Å². The number of aryl methyl sites for hydroxylation is 1. The molecule has 5 heteroatoms. The minimum absolute atomic E-state index is 0.186. The van der Waals surface area contributed by atoms with Gasteiger partial charge in [-0.25, -0.2) is 8.42 Å². The monoisotopic (exact) mass is 334 g/mol. The van der Waals surface area contributed by atoms with E-state index in [1.165, 1.54) is 29.4 Å². The van der Waals surface area contributed by atoms with E-state index in [-0.39, 0.29) is 6.04 Å². The molecular weight excluding hydrogens is 308 g/mol. The van der Waals surface area contributed by atoms with Crippen molar-refractivity contribution in [3.63, 3.8) is 0 Å². The highest BCUT2D eigenvalue weighted by Crippen LogP contribution is 2.44. The third-order valence-electron chi connectivity index (χ3n) is 6.08. The van der Waals surface area contributed by atoms with Crippen LogP contribution < -0.4 is 0 Å². The van der Waals surface area contributed by atoms with Crippen molar-refractivity contribution in [3.05, 3.63) is 34.9 Å². The predicted octanol–water partition coefficient (Wildman–Crippen LogP) is 2.34. The summed E-state index contributed by atoms with van der Waals surface area (Å²) in [4.78, 5) is 2.61. The number of hydrogen-bond donors (Lipinski definition) is 0. The van der Waals surface area contributed by atoms with Gasteiger partial charge in [-0.3, -0.25) is 4.90 Å². The van der Waals surface area contributed by atoms with Crippen molar-refractivity contribution in [2.75, 3.05) is 25.9 Å². The van der Waals surface area contributed by atoms with Gasteiger partial charge in [0, 0.05) is 31.7 Å². The number of benzene rings is 1. The van der Waals surface area contributed by atoms with Crippen molar-refractivity contribution in [3.8, 4) is 0 Å². The summed E-state index contributed by atoms with van der Waals surface area (Å²) in [6.45, 7) is 5.06. The second-order valence-electron chi connectivity index (χ2n) is 7.49. The van der Waals surface area contributed by atoms with Crippen molar-refractivity contribution in [1.82, 2.24) is 9.21 Å². The first-order valence-electron chi connectivity index (χ1n) is 8.74. The van der Waals surface area contributed by atoms with E-state index >= 15 is 0 Å². The highest BCUT2D eigenvalue weighted by atomic mass is 32.2. The first-order chi connectivity index (χ1) is 10.9. The largest absolute Gasteiger partial charge is 0.296 e. The average molecular weight is 334 g/mol. The fourth-order valence-corrected chi connectivity index (χ4v) is 6.30. The van der Waals surface area contributed by atoms with Gasteiger partial charge < -0.3 is 0 Å². The average Bonchev–Trinajstić information content (AvgIpc) is 2.51. The molecule has 3 atom stereocenters. The zero-order chi connectivity index (χ0) is 16.2. The molecule has 0 radical (unpaired) electrons. The van der Waals surface area contributed by atoms with Crippen LogP contribution in [0.2, 0.25) is 0 Å². The lowest BCUT2D eigenvalue weighted by molar-refractivity contribution is 0.0220. The van der Waals surface area contributed by atoms with E-state index in [0.29, 0.717) is 18.5 Å². The number of nitrogens with zero attached hydrogens (tertiary/aromatic N) is 2. The van der Waals surface area contributed by atoms with Gasteiger partial charge in [0.1, 0.15) is 0 Å². The molecule has 3 aliphatic heterocycles. The summed E-state index contributed by atoms with van der Waals surface area (Å²) in [5, 5.41) is 0. The first-order valence-corrected chi connectivity index (χ1v) is 10.6. The van der Waals surface area contributed by atoms with Gasteiger partial charge in [-0.1, -0.05) is 18.2 Å². The second kappa shape index (κ2) is 5.57. The van der Waals surface area contributed by atoms with Gasteiger partial charge >= 0.3 is 0 Å². The van der Waals surface area contributed by atoms with Crippen LogP contribution in [0.25, 0.3) is 0 Å². The van der Waals surface area contributed by atoms with E-state index in [4.69, 9.17) is 0 Å². The molecule has 126 valence electrons. The van der Waals surface area contributed by atoms with E-state index in [0.717, 1.165) is 32.4 Å². The van der Waals surface area contributed by atoms with Crippen LogP contribution in [0, 0.1) is 12.8 Å². The fourth-order valence-electron chi connectivity index (χ4n) is 5.09. The highest BCUT2D eigenvalue weighted by molar-refractivity contribution is 7.88. The van der Waals surface area contributed by atoms with Gasteiger partial charge in [-0.15, -0.1) is 0 Å². The Bertz CT molecular complexity index is 716. The van der Waals surface area contributed by atoms with Crippen LogP contribution in [0.5, 0.6) is 0 Å². The SMILES string of the molecule is Cc1cccc2c1[C@@H]1C[C@H]3[C@H](CCCN3S(C)(=O)=O)CN1CC2. The third-order valence-corrected chi connectivity index (χ3v) is 7.39. The lowest BCUT2D eigenvalue weighted by Gasteiger charge is -2.51. The molecular formula is C18H26N2O2S. The van der Waals surface area contributed by atoms with Crippen molar-refractivity contribution >= 4 is 10.0 Å². The Kier molecular flexibility index (Phi) is 3.78. The molecule has 3 heterocycles. The normalized spacial score (nSPS) is 32.0. The van der Waals surface area contributed by atoms with Crippen molar-refractivity contribution in [1.29, 1.82) is 0 Å². The van der Waals surface area contributed by atoms with E-state index in [2.05, 4.69) is 30.0 Å². The molecule has 0 unspecified atom stereocenters. The molecule has 0 N–H and O–H groups in total. The van der Waals surface area contributed by atoms with Crippen LogP contribution >= 0.6 is 0 Å². The molecule has 3 aliphatic rings. The minimum Gasteiger partial charge on any atom is -0.296 e. The van der Waals surface area contributed by atoms with E-state index in [9.17, 15) is 8.42 Å². The van der Waals surface area contributed by atoms with Gasteiger partial charge in [0.15, 0.2) is 0 Å². The molecule has 1 aromatic carbocycles. The fraction of sp³-hybridized carbons (Fsp3) is 0.667. The number of hydrogen-bond acceptors (Lipinski definition) is 3. The summed E-state index contributed by atoms with van der Waals surface area (Å²) >= 11 is 0. The molecule has 0 amide bonds. The van der Waals surface area contributed by atoms with Gasteiger partial charge in [0.25, 0.3) is 0 Å². The zero-order valence-electron chi connectivity index (χ0n) is 14.0. The Morgan fingerprint density at radius 1 is 1.22 bits per heavy atom. The maximum Gasteiger partial charge on any atom is 0.211 e. The molecule has 23 heavy (non-hydrogen) atoms. The Morgan fingerprint density at radius 2 is 2.04 bits per heavy atom. The van der Waals surface area contributed by atoms with E-state index < -0.39 is 10.0 Å². The highest BCUT2D eigenvalue weighted by Gasteiger charge is 2.45. The van der Waals surface area contributed by atoms with Crippen LogP contribution in [-0.2, 0) is 16.4 Å². The summed E-state index contributed by atoms with van der Waals surface area (Å²) in [6.07, 6.45) is 5.63. The molecule has 4 rings (SSSR count). The van der Waals surface area contributed by atoms with Gasteiger partial charge in [0.05, 0.1) is 6.26 Å². The smallest absolute Gasteiger partial charge is 0.211 e. The Hall–Kier alpha value is -0.910. The molecule has 0 bridgehead atoms. The first kappa shape index (κ1) is 15.6. The van der Waals surface area contributed by atoms with Crippen molar-refractivity contribution in [2.45, 2.75) is 44.7 Å². The van der Waals surface area contributed by atoms with E-state index in [1.54, 1.807) is 4.31 Å². The minimum atomic E-state index is -3.11. The van der Waals surface area contributed by atoms with E-state index in [1.807, 2.05) is 0 Å². The van der Waals surface area contributed by atoms with Gasteiger partial charge in [-0.05, 0) is 55.2 Å². The molecule has 2 fully saturated rings. The summed E-state index contributed by atoms with van der Waals surface area (Å²) in [6, 6.07) is 7.18. The van der Waals surface area contributed by atoms with Crippen LogP contribution in [0.3, 0.4) is 0 Å². The molecule has 4 nitrogen and oxygen atoms in total. The number of rotatable bonds is 1. The summed E-state index contributed by atoms with van der Waals surface area (Å²) in [7, 11) is -3.11. The molecule has 2 saturated heterocycles. The van der Waals surface area contributed by atoms with Crippen LogP contribution in [0.15, 0.2) is 18.2 Å². The summed E-state index contributed by atoms with van der Waals surface area (Å²) < 4.78 is 26.2. The van der Waals surface area contributed by atoms with Gasteiger partial charge in [0.2, 0.25) is 10.0 Å². The molecule has 0 aromatic heterocycles. The standard InChI is InChI=1S/C18H26N2O2S/c1-13-5-3-6-14-8-10-19-12-15-7-4-9-20(23(2,21)22)16(15)11-17(19)18(13)14/h3,5-6,15-17H,4,7-12H2,1-2H3/t15-,16+,17+/m1/s1. The molecule has 0 spiro atoms. The predicted molar refractivity (Wildman–Crippen MR) is 91.9 cm³/mol. The lowest BCUT2D eigenvalue weighted by atomic mass is 9.76.